The van der Waals surface area contributed by atoms with Gasteiger partial charge in [0.15, 0.2) is 0 Å². The Labute approximate surface area is 162 Å². The zero-order chi connectivity index (χ0) is 19.9. The predicted molar refractivity (Wildman–Crippen MR) is 106 cm³/mol. The van der Waals surface area contributed by atoms with Crippen LogP contribution in [0, 0.1) is 11.2 Å². The first-order chi connectivity index (χ1) is 13.3. The quantitative estimate of drug-likeness (QED) is 0.702. The summed E-state index contributed by atoms with van der Waals surface area (Å²) in [5.41, 5.74) is 1.16. The second-order valence-corrected chi connectivity index (χ2v) is 8.07. The summed E-state index contributed by atoms with van der Waals surface area (Å²) in [5, 5.41) is 0.180. The zero-order valence-corrected chi connectivity index (χ0v) is 15.9. The van der Waals surface area contributed by atoms with Crippen LogP contribution in [0.4, 0.5) is 4.39 Å². The van der Waals surface area contributed by atoms with E-state index in [1.807, 2.05) is 18.2 Å². The number of likely N-dealkylation sites (tertiary alicyclic amines) is 1. The molecule has 0 radical (unpaired) electrons. The Hall–Kier alpha value is -3.02. The molecule has 5 nitrogen and oxygen atoms in total. The molecular weight excluding hydrogens is 357 g/mol. The lowest BCUT2D eigenvalue weighted by atomic mass is 9.78. The first-order valence-corrected chi connectivity index (χ1v) is 9.32. The Balaban J connectivity index is 1.57. The van der Waals surface area contributed by atoms with Gasteiger partial charge in [0.25, 0.3) is 5.56 Å². The summed E-state index contributed by atoms with van der Waals surface area (Å²) < 4.78 is 14.8. The minimum absolute atomic E-state index is 0.0628. The molecule has 1 amide bonds. The van der Waals surface area contributed by atoms with Crippen LogP contribution in [0.3, 0.4) is 0 Å². The Kier molecular flexibility index (Phi) is 4.49. The smallest absolute Gasteiger partial charge is 0.261 e. The van der Waals surface area contributed by atoms with Gasteiger partial charge in [-0.25, -0.2) is 9.37 Å². The fourth-order valence-corrected chi connectivity index (χ4v) is 4.06. The minimum Gasteiger partial charge on any atom is -0.340 e. The molecule has 1 saturated heterocycles. The van der Waals surface area contributed by atoms with Crippen molar-refractivity contribution in [1.82, 2.24) is 14.5 Å². The van der Waals surface area contributed by atoms with Gasteiger partial charge in [-0.15, -0.1) is 0 Å². The third-order valence-electron chi connectivity index (χ3n) is 5.59. The second kappa shape index (κ2) is 6.86. The van der Waals surface area contributed by atoms with Gasteiger partial charge in [-0.1, -0.05) is 44.2 Å². The number of halogens is 1. The Morgan fingerprint density at radius 2 is 1.96 bits per heavy atom. The van der Waals surface area contributed by atoms with Crippen LogP contribution < -0.4 is 5.56 Å². The Morgan fingerprint density at radius 1 is 1.21 bits per heavy atom. The highest BCUT2D eigenvalue weighted by Gasteiger charge is 2.41. The van der Waals surface area contributed by atoms with E-state index in [-0.39, 0.29) is 29.2 Å². The molecule has 0 saturated carbocycles. The van der Waals surface area contributed by atoms with E-state index in [4.69, 9.17) is 0 Å². The molecule has 0 bridgehead atoms. The molecule has 6 heteroatoms. The molecule has 1 unspecified atom stereocenters. The molecule has 2 aromatic carbocycles. The molecule has 1 aliphatic rings. The molecule has 1 atom stereocenters. The lowest BCUT2D eigenvalue weighted by molar-refractivity contribution is -0.131. The number of carbonyl (C=O) groups excluding carboxylic acids is 1. The molecule has 1 fully saturated rings. The van der Waals surface area contributed by atoms with Gasteiger partial charge in [-0.3, -0.25) is 14.2 Å². The van der Waals surface area contributed by atoms with Crippen molar-refractivity contribution in [3.63, 3.8) is 0 Å². The largest absolute Gasteiger partial charge is 0.340 e. The molecule has 4 rings (SSSR count). The molecule has 1 aromatic heterocycles. The van der Waals surface area contributed by atoms with E-state index in [9.17, 15) is 14.0 Å². The van der Waals surface area contributed by atoms with Gasteiger partial charge in [0.1, 0.15) is 12.4 Å². The number of rotatable bonds is 3. The maximum Gasteiger partial charge on any atom is 0.261 e. The van der Waals surface area contributed by atoms with Crippen molar-refractivity contribution in [2.24, 2.45) is 5.41 Å². The minimum atomic E-state index is -0.498. The summed E-state index contributed by atoms with van der Waals surface area (Å²) in [6.07, 6.45) is 1.36. The molecule has 0 spiro atoms. The maximum absolute atomic E-state index is 13.5. The number of aromatic nitrogens is 2. The summed E-state index contributed by atoms with van der Waals surface area (Å²) in [6.45, 7) is 5.45. The van der Waals surface area contributed by atoms with Crippen LogP contribution in [0.25, 0.3) is 10.9 Å². The van der Waals surface area contributed by atoms with Gasteiger partial charge in [-0.05, 0) is 29.2 Å². The van der Waals surface area contributed by atoms with Crippen LogP contribution in [0.15, 0.2) is 59.7 Å². The molecule has 2 heterocycles. The number of benzene rings is 2. The number of hydrogen-bond donors (Lipinski definition) is 0. The Bertz CT molecular complexity index is 1090. The Morgan fingerprint density at radius 3 is 2.71 bits per heavy atom. The third-order valence-corrected chi connectivity index (χ3v) is 5.59. The highest BCUT2D eigenvalue weighted by molar-refractivity contribution is 5.79. The maximum atomic E-state index is 13.5. The highest BCUT2D eigenvalue weighted by atomic mass is 19.1. The highest BCUT2D eigenvalue weighted by Crippen LogP contribution is 2.42. The molecule has 3 aromatic rings. The van der Waals surface area contributed by atoms with Gasteiger partial charge in [0.2, 0.25) is 5.91 Å². The van der Waals surface area contributed by atoms with Crippen LogP contribution in [0.2, 0.25) is 0 Å². The SMILES string of the molecule is CC1(C)CN(C(=O)Cn2cnc3ccc(F)cc3c2=O)CC1c1ccccc1. The summed E-state index contributed by atoms with van der Waals surface area (Å²) in [5.74, 6) is -0.396. The van der Waals surface area contributed by atoms with Crippen LogP contribution in [-0.2, 0) is 11.3 Å². The van der Waals surface area contributed by atoms with Crippen LogP contribution >= 0.6 is 0 Å². The molecule has 0 aliphatic carbocycles. The third kappa shape index (κ3) is 3.30. The van der Waals surface area contributed by atoms with Gasteiger partial charge < -0.3 is 4.90 Å². The topological polar surface area (TPSA) is 55.2 Å². The van der Waals surface area contributed by atoms with E-state index in [1.54, 1.807) is 4.90 Å². The van der Waals surface area contributed by atoms with Crippen molar-refractivity contribution < 1.29 is 9.18 Å². The van der Waals surface area contributed by atoms with E-state index >= 15 is 0 Å². The van der Waals surface area contributed by atoms with E-state index in [1.165, 1.54) is 28.6 Å². The summed E-state index contributed by atoms with van der Waals surface area (Å²) in [4.78, 5) is 31.5. The second-order valence-electron chi connectivity index (χ2n) is 8.07. The monoisotopic (exact) mass is 379 g/mol. The normalized spacial score (nSPS) is 18.5. The summed E-state index contributed by atoms with van der Waals surface area (Å²) >= 11 is 0. The van der Waals surface area contributed by atoms with E-state index in [0.717, 1.165) is 6.07 Å². The van der Waals surface area contributed by atoms with Crippen molar-refractivity contribution in [2.45, 2.75) is 26.3 Å². The van der Waals surface area contributed by atoms with E-state index in [2.05, 4.69) is 31.0 Å². The van der Waals surface area contributed by atoms with Gasteiger partial charge in [-0.2, -0.15) is 0 Å². The van der Waals surface area contributed by atoms with Gasteiger partial charge in [0, 0.05) is 19.0 Å². The number of amides is 1. The van der Waals surface area contributed by atoms with Crippen molar-refractivity contribution in [3.8, 4) is 0 Å². The zero-order valence-electron chi connectivity index (χ0n) is 15.9. The van der Waals surface area contributed by atoms with Crippen molar-refractivity contribution in [3.05, 3.63) is 76.6 Å². The summed E-state index contributed by atoms with van der Waals surface area (Å²) in [7, 11) is 0. The molecule has 1 aliphatic heterocycles. The van der Waals surface area contributed by atoms with Gasteiger partial charge in [0.05, 0.1) is 17.2 Å². The molecule has 144 valence electrons. The van der Waals surface area contributed by atoms with Crippen LogP contribution in [-0.4, -0.2) is 33.4 Å². The molecule has 0 N–H and O–H groups in total. The number of hydrogen-bond acceptors (Lipinski definition) is 3. The standard InChI is InChI=1S/C22H22FN3O2/c1-22(2)13-25(11-18(22)15-6-4-3-5-7-15)20(27)12-26-14-24-19-9-8-16(23)10-17(19)21(26)28/h3-10,14,18H,11-13H2,1-2H3. The fourth-order valence-electron chi connectivity index (χ4n) is 4.06. The first-order valence-electron chi connectivity index (χ1n) is 9.32. The summed E-state index contributed by atoms with van der Waals surface area (Å²) in [6, 6.07) is 14.1. The average Bonchev–Trinajstić information content (AvgIpc) is 3.00. The number of fused-ring (bicyclic) bond motifs is 1. The molecule has 28 heavy (non-hydrogen) atoms. The van der Waals surface area contributed by atoms with Crippen molar-refractivity contribution >= 4 is 16.8 Å². The number of carbonyl (C=O) groups is 1. The first kappa shape index (κ1) is 18.3. The lowest BCUT2D eigenvalue weighted by Crippen LogP contribution is -2.36. The van der Waals surface area contributed by atoms with Crippen molar-refractivity contribution in [2.75, 3.05) is 13.1 Å². The predicted octanol–water partition coefficient (Wildman–Crippen LogP) is 3.19. The fraction of sp³-hybridized carbons (Fsp3) is 0.318. The van der Waals surface area contributed by atoms with Crippen molar-refractivity contribution in [1.29, 1.82) is 0 Å². The lowest BCUT2D eigenvalue weighted by Gasteiger charge is -2.25. The number of nitrogens with zero attached hydrogens (tertiary/aromatic N) is 3. The van der Waals surface area contributed by atoms with Crippen LogP contribution in [0.1, 0.15) is 25.3 Å². The van der Waals surface area contributed by atoms with E-state index < -0.39 is 11.4 Å². The molecular formula is C22H22FN3O2. The van der Waals surface area contributed by atoms with Gasteiger partial charge >= 0.3 is 0 Å². The average molecular weight is 379 g/mol. The van der Waals surface area contributed by atoms with E-state index in [0.29, 0.717) is 18.6 Å². The van der Waals surface area contributed by atoms with Crippen LogP contribution in [0.5, 0.6) is 0 Å².